The Bertz CT molecular complexity index is 1830. The zero-order valence-corrected chi connectivity index (χ0v) is 47.0. The van der Waals surface area contributed by atoms with Crippen molar-refractivity contribution in [2.75, 3.05) is 60.7 Å². The highest BCUT2D eigenvalue weighted by Crippen LogP contribution is 2.72. The van der Waals surface area contributed by atoms with E-state index in [2.05, 4.69) is 27.7 Å². The third kappa shape index (κ3) is 18.2. The summed E-state index contributed by atoms with van der Waals surface area (Å²) in [5, 5.41) is 24.1. The van der Waals surface area contributed by atoms with Gasteiger partial charge in [0.25, 0.3) is 0 Å². The minimum atomic E-state index is -4.38. The number of quaternary nitrogens is 1. The molecule has 4 aliphatic rings. The van der Waals surface area contributed by atoms with E-state index in [1.165, 1.54) is 77.0 Å². The summed E-state index contributed by atoms with van der Waals surface area (Å²) < 4.78 is 40.6. The van der Waals surface area contributed by atoms with Crippen LogP contribution in [-0.2, 0) is 47.0 Å². The van der Waals surface area contributed by atoms with Gasteiger partial charge in [-0.05, 0) is 74.3 Å². The SMILES string of the molecule is CCCCCCCCCCCCCCCCCOC[C@@H](COP(=O)(O)OCC[N+](C)(C)C)OC(=O)CCCCCCCC(=O)OCC(=O)[C@]1(O)CC[C@@H]2[C@@]3(C)C[C@@H](C)C4=CC(=O)C=C[C@@]4(C)[C@@H]3[C@H](O)C[C@]21C. The molecule has 414 valence electrons. The van der Waals surface area contributed by atoms with Gasteiger partial charge in [0, 0.05) is 36.2 Å². The van der Waals surface area contributed by atoms with Gasteiger partial charge in [0.05, 0.1) is 40.5 Å². The summed E-state index contributed by atoms with van der Waals surface area (Å²) in [5.41, 5.74) is -2.54. The van der Waals surface area contributed by atoms with Gasteiger partial charge in [0.1, 0.15) is 24.9 Å². The first-order valence-corrected chi connectivity index (χ1v) is 29.7. The molecule has 0 bridgehead atoms. The number of likely N-dealkylation sites (N-methyl/N-ethyl adjacent to an activating group) is 1. The van der Waals surface area contributed by atoms with Crippen LogP contribution < -0.4 is 0 Å². The van der Waals surface area contributed by atoms with Crippen molar-refractivity contribution < 1.29 is 66.6 Å². The van der Waals surface area contributed by atoms with E-state index in [4.69, 9.17) is 23.3 Å². The lowest BCUT2D eigenvalue weighted by Crippen LogP contribution is -2.66. The second kappa shape index (κ2) is 29.3. The first kappa shape index (κ1) is 62.3. The number of fused-ring (bicyclic) bond motifs is 5. The molecule has 15 heteroatoms. The number of carbonyl (C=O) groups excluding carboxylic acids is 4. The Morgan fingerprint density at radius 2 is 1.33 bits per heavy atom. The average molecular weight is 1040 g/mol. The fourth-order valence-electron chi connectivity index (χ4n) is 13.3. The summed E-state index contributed by atoms with van der Waals surface area (Å²) in [6.45, 7) is 10.8. The van der Waals surface area contributed by atoms with E-state index in [-0.39, 0.29) is 69.0 Å². The molecule has 0 aromatic carbocycles. The molecule has 0 spiro atoms. The lowest BCUT2D eigenvalue weighted by molar-refractivity contribution is -0.870. The predicted octanol–water partition coefficient (Wildman–Crippen LogP) is 11.1. The van der Waals surface area contributed by atoms with Crippen LogP contribution in [0.15, 0.2) is 23.8 Å². The molecule has 0 heterocycles. The number of phosphoric ester groups is 1. The van der Waals surface area contributed by atoms with Gasteiger partial charge in [-0.1, -0.05) is 155 Å². The Labute approximate surface area is 434 Å². The van der Waals surface area contributed by atoms with Crippen LogP contribution in [0.5, 0.6) is 0 Å². The molecular formula is C57H99NO13P+. The zero-order valence-electron chi connectivity index (χ0n) is 46.1. The van der Waals surface area contributed by atoms with Crippen molar-refractivity contribution in [2.24, 2.45) is 34.0 Å². The van der Waals surface area contributed by atoms with Crippen LogP contribution in [0.3, 0.4) is 0 Å². The lowest BCUT2D eigenvalue weighted by Gasteiger charge is -2.66. The molecule has 10 atom stereocenters. The molecule has 0 aromatic rings. The van der Waals surface area contributed by atoms with Crippen LogP contribution in [0.25, 0.3) is 0 Å². The number of allylic oxidation sites excluding steroid dienone is 4. The van der Waals surface area contributed by atoms with Gasteiger partial charge in [-0.3, -0.25) is 28.2 Å². The summed E-state index contributed by atoms with van der Waals surface area (Å²) in [6, 6.07) is 0. The first-order chi connectivity index (χ1) is 34.0. The molecule has 14 nitrogen and oxygen atoms in total. The minimum Gasteiger partial charge on any atom is -0.458 e. The molecule has 0 radical (unpaired) electrons. The molecule has 0 saturated heterocycles. The molecule has 4 aliphatic carbocycles. The van der Waals surface area contributed by atoms with Crippen molar-refractivity contribution in [3.05, 3.63) is 23.8 Å². The summed E-state index contributed by atoms with van der Waals surface area (Å²) >= 11 is 0. The second-order valence-electron chi connectivity index (χ2n) is 23.9. The number of hydrogen-bond acceptors (Lipinski definition) is 12. The van der Waals surface area contributed by atoms with Gasteiger partial charge in [0.2, 0.25) is 5.78 Å². The molecule has 4 rings (SSSR count). The number of esters is 2. The van der Waals surface area contributed by atoms with Crippen LogP contribution in [-0.4, -0.2) is 122 Å². The molecule has 0 amide bonds. The van der Waals surface area contributed by atoms with Crippen LogP contribution in [0, 0.1) is 34.0 Å². The second-order valence-corrected chi connectivity index (χ2v) is 25.4. The van der Waals surface area contributed by atoms with Crippen molar-refractivity contribution in [1.29, 1.82) is 0 Å². The first-order valence-electron chi connectivity index (χ1n) is 28.3. The number of aliphatic hydroxyl groups is 2. The largest absolute Gasteiger partial charge is 0.472 e. The highest BCUT2D eigenvalue weighted by Gasteiger charge is 2.72. The molecule has 72 heavy (non-hydrogen) atoms. The summed E-state index contributed by atoms with van der Waals surface area (Å²) in [4.78, 5) is 62.2. The maximum Gasteiger partial charge on any atom is 0.472 e. The number of carbonyl (C=O) groups is 4. The molecule has 3 fully saturated rings. The number of Topliss-reactive ketones (excluding diaryl/α,β-unsaturated/α-hetero) is 1. The molecular weight excluding hydrogens is 938 g/mol. The van der Waals surface area contributed by atoms with E-state index >= 15 is 0 Å². The summed E-state index contributed by atoms with van der Waals surface area (Å²) in [5.74, 6) is -1.69. The van der Waals surface area contributed by atoms with Crippen LogP contribution in [0.2, 0.25) is 0 Å². The Hall–Kier alpha value is -2.29. The summed E-state index contributed by atoms with van der Waals surface area (Å²) in [6.07, 6.45) is 27.9. The van der Waals surface area contributed by atoms with E-state index in [1.54, 1.807) is 12.2 Å². The number of ketones is 2. The van der Waals surface area contributed by atoms with Crippen LogP contribution in [0.4, 0.5) is 0 Å². The number of aliphatic hydroxyl groups excluding tert-OH is 1. The Morgan fingerprint density at radius 1 is 0.778 bits per heavy atom. The Balaban J connectivity index is 1.11. The van der Waals surface area contributed by atoms with E-state index in [1.807, 2.05) is 34.1 Å². The maximum absolute atomic E-state index is 13.8. The number of nitrogens with zero attached hydrogens (tertiary/aromatic N) is 1. The van der Waals surface area contributed by atoms with E-state index < -0.39 is 66.2 Å². The van der Waals surface area contributed by atoms with E-state index in [0.717, 1.165) is 37.7 Å². The smallest absolute Gasteiger partial charge is 0.458 e. The topological polar surface area (TPSA) is 192 Å². The standard InChI is InChI=1S/C57H98NO13P/c1-9-10-11-12-13-14-15-16-17-18-19-20-21-25-28-36-67-41-46(42-70-72(65,66)69-37-35-58(6,7)8)71-52(63)30-27-24-22-23-26-29-51(62)68-43-50(61)57(64)34-32-49-55(4)39-44(2)47-38-45(59)31-33-54(47,3)53(55)48(60)40-56(49,57)5/h31,33,38,44,46,48-49,53,60,64H,9-30,32,34-37,39-43H2,1-8H3/p+1/t44-,46+,48-,49-,53+,54-,55-,56-,57-/m1/s1. The molecule has 3 saturated carbocycles. The van der Waals surface area contributed by atoms with Crippen molar-refractivity contribution in [1.82, 2.24) is 0 Å². The van der Waals surface area contributed by atoms with Gasteiger partial charge in [-0.25, -0.2) is 4.57 Å². The molecule has 3 N–H and O–H groups in total. The van der Waals surface area contributed by atoms with E-state index in [9.17, 15) is 38.8 Å². The van der Waals surface area contributed by atoms with Gasteiger partial charge in [-0.15, -0.1) is 0 Å². The van der Waals surface area contributed by atoms with Crippen LogP contribution >= 0.6 is 7.82 Å². The van der Waals surface area contributed by atoms with E-state index in [0.29, 0.717) is 49.7 Å². The lowest BCUT2D eigenvalue weighted by atomic mass is 9.39. The fourth-order valence-corrected chi connectivity index (χ4v) is 14.0. The normalized spacial score (nSPS) is 29.2. The molecule has 1 unspecified atom stereocenters. The van der Waals surface area contributed by atoms with Gasteiger partial charge < -0.3 is 33.8 Å². The number of unbranched alkanes of at least 4 members (excludes halogenated alkanes) is 18. The predicted molar refractivity (Wildman–Crippen MR) is 281 cm³/mol. The maximum atomic E-state index is 13.8. The molecule has 0 aliphatic heterocycles. The minimum absolute atomic E-state index is 0.0266. The number of hydrogen-bond donors (Lipinski definition) is 3. The van der Waals surface area contributed by atoms with Crippen molar-refractivity contribution >= 4 is 31.3 Å². The van der Waals surface area contributed by atoms with Crippen molar-refractivity contribution in [2.45, 2.75) is 219 Å². The third-order valence-corrected chi connectivity index (χ3v) is 18.0. The zero-order chi connectivity index (χ0) is 53.1. The van der Waals surface area contributed by atoms with Crippen molar-refractivity contribution in [3.8, 4) is 0 Å². The monoisotopic (exact) mass is 1040 g/mol. The Kier molecular flexibility index (Phi) is 25.3. The third-order valence-electron chi connectivity index (χ3n) is 17.0. The Morgan fingerprint density at radius 3 is 1.92 bits per heavy atom. The van der Waals surface area contributed by atoms with Gasteiger partial charge in [0.15, 0.2) is 12.4 Å². The fraction of sp³-hybridized carbons (Fsp3) is 0.860. The summed E-state index contributed by atoms with van der Waals surface area (Å²) in [7, 11) is 1.46. The van der Waals surface area contributed by atoms with Gasteiger partial charge in [-0.2, -0.15) is 0 Å². The highest BCUT2D eigenvalue weighted by atomic mass is 31.2. The van der Waals surface area contributed by atoms with Crippen LogP contribution in [0.1, 0.15) is 202 Å². The molecule has 0 aromatic heterocycles. The quantitative estimate of drug-likeness (QED) is 0.0231. The van der Waals surface area contributed by atoms with Crippen molar-refractivity contribution in [3.63, 3.8) is 0 Å². The van der Waals surface area contributed by atoms with Gasteiger partial charge >= 0.3 is 19.8 Å². The number of ether oxygens (including phenoxy) is 3. The average Bonchev–Trinajstić information content (AvgIpc) is 3.58. The number of phosphoric acid groups is 1. The highest BCUT2D eigenvalue weighted by molar-refractivity contribution is 7.47. The number of rotatable bonds is 37.